The van der Waals surface area contributed by atoms with E-state index in [0.717, 1.165) is 7.11 Å². The fraction of sp³-hybridized carbons (Fsp3) is 0.300. The van der Waals surface area contributed by atoms with E-state index >= 15 is 0 Å². The van der Waals surface area contributed by atoms with Crippen LogP contribution in [0.25, 0.3) is 0 Å². The first kappa shape index (κ1) is 13.0. The molecule has 0 aliphatic rings. The number of methoxy groups -OCH3 is 1. The topological polar surface area (TPSA) is 60.4 Å². The third-order valence-electron chi connectivity index (χ3n) is 1.90. The highest BCUT2D eigenvalue weighted by atomic mass is 35.5. The summed E-state index contributed by atoms with van der Waals surface area (Å²) >= 11 is 5.82. The molecule has 0 bridgehead atoms. The maximum absolute atomic E-state index is 11.6. The number of carbonyl (C=O) groups is 1. The van der Waals surface area contributed by atoms with Crippen LogP contribution in [0.4, 0.5) is 0 Å². The second kappa shape index (κ2) is 5.32. The van der Waals surface area contributed by atoms with Gasteiger partial charge in [-0.1, -0.05) is 29.8 Å². The molecule has 0 amide bonds. The molecule has 0 saturated carbocycles. The minimum absolute atomic E-state index is 0.262. The van der Waals surface area contributed by atoms with Crippen molar-refractivity contribution in [3.05, 3.63) is 34.9 Å². The predicted molar refractivity (Wildman–Crippen MR) is 61.0 cm³/mol. The molecular weight excluding hydrogens is 252 g/mol. The van der Waals surface area contributed by atoms with Crippen LogP contribution in [-0.2, 0) is 25.1 Å². The quantitative estimate of drug-likeness (QED) is 0.770. The number of halogens is 1. The summed E-state index contributed by atoms with van der Waals surface area (Å²) in [6.07, 6.45) is 0. The zero-order valence-corrected chi connectivity index (χ0v) is 10.2. The highest BCUT2D eigenvalue weighted by molar-refractivity contribution is 7.91. The van der Waals surface area contributed by atoms with Crippen LogP contribution < -0.4 is 0 Å². The summed E-state index contributed by atoms with van der Waals surface area (Å²) in [7, 11) is -2.38. The van der Waals surface area contributed by atoms with E-state index in [1.807, 2.05) is 0 Å². The molecule has 0 heterocycles. The van der Waals surface area contributed by atoms with Crippen LogP contribution in [0.15, 0.2) is 24.3 Å². The minimum atomic E-state index is -3.53. The number of ether oxygens (including phenoxy) is 1. The normalized spacial score (nSPS) is 11.1. The van der Waals surface area contributed by atoms with Gasteiger partial charge < -0.3 is 4.74 Å². The summed E-state index contributed by atoms with van der Waals surface area (Å²) in [5.41, 5.74) is 0.480. The molecular formula is C10H11ClO4S. The molecule has 0 radical (unpaired) electrons. The molecule has 0 N–H and O–H groups in total. The Labute approximate surface area is 99.1 Å². The van der Waals surface area contributed by atoms with Crippen molar-refractivity contribution in [1.82, 2.24) is 0 Å². The highest BCUT2D eigenvalue weighted by Gasteiger charge is 2.18. The standard InChI is InChI=1S/C10H11ClO4S/c1-15-10(12)7-16(13,14)6-8-4-2-3-5-9(8)11/h2-5H,6-7H2,1H3. The average molecular weight is 263 g/mol. The maximum atomic E-state index is 11.6. The maximum Gasteiger partial charge on any atom is 0.320 e. The van der Waals surface area contributed by atoms with Gasteiger partial charge >= 0.3 is 5.97 Å². The first-order chi connectivity index (χ1) is 7.44. The van der Waals surface area contributed by atoms with Crippen LogP contribution in [-0.4, -0.2) is 27.2 Å². The number of esters is 1. The first-order valence-electron chi connectivity index (χ1n) is 4.45. The summed E-state index contributed by atoms with van der Waals surface area (Å²) in [5, 5.41) is 0.371. The third-order valence-corrected chi connectivity index (χ3v) is 3.69. The van der Waals surface area contributed by atoms with Gasteiger partial charge in [-0.3, -0.25) is 4.79 Å². The third kappa shape index (κ3) is 3.83. The van der Waals surface area contributed by atoms with E-state index in [1.165, 1.54) is 0 Å². The number of rotatable bonds is 4. The molecule has 0 unspecified atom stereocenters. The SMILES string of the molecule is COC(=O)CS(=O)(=O)Cc1ccccc1Cl. The van der Waals surface area contributed by atoms with Crippen molar-refractivity contribution in [2.75, 3.05) is 12.9 Å². The largest absolute Gasteiger partial charge is 0.468 e. The van der Waals surface area contributed by atoms with Crippen LogP contribution in [0.3, 0.4) is 0 Å². The van der Waals surface area contributed by atoms with E-state index in [1.54, 1.807) is 24.3 Å². The summed E-state index contributed by atoms with van der Waals surface area (Å²) in [5.74, 6) is -1.66. The van der Waals surface area contributed by atoms with Gasteiger partial charge in [0.15, 0.2) is 9.84 Å². The lowest BCUT2D eigenvalue weighted by Crippen LogP contribution is -2.18. The minimum Gasteiger partial charge on any atom is -0.468 e. The zero-order chi connectivity index (χ0) is 12.2. The Morgan fingerprint density at radius 3 is 2.56 bits per heavy atom. The van der Waals surface area contributed by atoms with Gasteiger partial charge in [0.25, 0.3) is 0 Å². The fourth-order valence-corrected chi connectivity index (χ4v) is 2.73. The van der Waals surface area contributed by atoms with Crippen molar-refractivity contribution in [2.24, 2.45) is 0 Å². The second-order valence-electron chi connectivity index (χ2n) is 3.20. The number of carbonyl (C=O) groups excluding carboxylic acids is 1. The molecule has 4 nitrogen and oxygen atoms in total. The Morgan fingerprint density at radius 2 is 2.00 bits per heavy atom. The van der Waals surface area contributed by atoms with E-state index < -0.39 is 21.6 Å². The molecule has 16 heavy (non-hydrogen) atoms. The first-order valence-corrected chi connectivity index (χ1v) is 6.65. The van der Waals surface area contributed by atoms with Gasteiger partial charge in [-0.25, -0.2) is 8.42 Å². The summed E-state index contributed by atoms with van der Waals surface area (Å²) in [6.45, 7) is 0. The number of hydrogen-bond acceptors (Lipinski definition) is 4. The van der Waals surface area contributed by atoms with Gasteiger partial charge in [0.1, 0.15) is 5.75 Å². The molecule has 6 heteroatoms. The number of sulfone groups is 1. The molecule has 0 fully saturated rings. The monoisotopic (exact) mass is 262 g/mol. The van der Waals surface area contributed by atoms with E-state index in [2.05, 4.69) is 4.74 Å². The lowest BCUT2D eigenvalue weighted by molar-refractivity contribution is -0.137. The van der Waals surface area contributed by atoms with Crippen LogP contribution >= 0.6 is 11.6 Å². The van der Waals surface area contributed by atoms with Gasteiger partial charge in [-0.2, -0.15) is 0 Å². The molecule has 0 spiro atoms. The predicted octanol–water partition coefficient (Wildman–Crippen LogP) is 1.43. The smallest absolute Gasteiger partial charge is 0.320 e. The van der Waals surface area contributed by atoms with Crippen molar-refractivity contribution in [1.29, 1.82) is 0 Å². The summed E-state index contributed by atoms with van der Waals surface area (Å²) in [4.78, 5) is 10.9. The average Bonchev–Trinajstić information content (AvgIpc) is 2.20. The molecule has 1 aromatic rings. The number of benzene rings is 1. The Morgan fingerprint density at radius 1 is 1.38 bits per heavy atom. The van der Waals surface area contributed by atoms with Crippen LogP contribution in [0.5, 0.6) is 0 Å². The Hall–Kier alpha value is -1.07. The van der Waals surface area contributed by atoms with E-state index in [0.29, 0.717) is 10.6 Å². The highest BCUT2D eigenvalue weighted by Crippen LogP contribution is 2.17. The van der Waals surface area contributed by atoms with E-state index in [9.17, 15) is 13.2 Å². The second-order valence-corrected chi connectivity index (χ2v) is 5.67. The van der Waals surface area contributed by atoms with Crippen molar-refractivity contribution >= 4 is 27.4 Å². The van der Waals surface area contributed by atoms with E-state index in [4.69, 9.17) is 11.6 Å². The van der Waals surface area contributed by atoms with Gasteiger partial charge in [0, 0.05) is 5.02 Å². The number of hydrogen-bond donors (Lipinski definition) is 0. The Bertz CT molecular complexity index is 481. The van der Waals surface area contributed by atoms with Crippen molar-refractivity contribution in [2.45, 2.75) is 5.75 Å². The van der Waals surface area contributed by atoms with E-state index in [-0.39, 0.29) is 5.75 Å². The van der Waals surface area contributed by atoms with Gasteiger partial charge in [0.05, 0.1) is 12.9 Å². The lowest BCUT2D eigenvalue weighted by atomic mass is 10.2. The molecule has 88 valence electrons. The Kier molecular flexibility index (Phi) is 4.32. The van der Waals surface area contributed by atoms with Crippen molar-refractivity contribution in [3.63, 3.8) is 0 Å². The molecule has 1 rings (SSSR count). The van der Waals surface area contributed by atoms with Crippen LogP contribution in [0.2, 0.25) is 5.02 Å². The zero-order valence-electron chi connectivity index (χ0n) is 8.64. The van der Waals surface area contributed by atoms with Gasteiger partial charge in [-0.15, -0.1) is 0 Å². The summed E-state index contributed by atoms with van der Waals surface area (Å²) in [6, 6.07) is 6.61. The van der Waals surface area contributed by atoms with Crippen molar-refractivity contribution in [3.8, 4) is 0 Å². The van der Waals surface area contributed by atoms with Crippen LogP contribution in [0.1, 0.15) is 5.56 Å². The molecule has 0 saturated heterocycles. The Balaban J connectivity index is 2.81. The molecule has 0 atom stereocenters. The summed E-state index contributed by atoms with van der Waals surface area (Å²) < 4.78 is 27.4. The van der Waals surface area contributed by atoms with Crippen LogP contribution in [0, 0.1) is 0 Å². The molecule has 0 aliphatic heterocycles. The molecule has 0 aromatic heterocycles. The van der Waals surface area contributed by atoms with Gasteiger partial charge in [-0.05, 0) is 11.6 Å². The lowest BCUT2D eigenvalue weighted by Gasteiger charge is -2.04. The fourth-order valence-electron chi connectivity index (χ4n) is 1.14. The molecule has 1 aromatic carbocycles. The van der Waals surface area contributed by atoms with Crippen molar-refractivity contribution < 1.29 is 17.9 Å². The molecule has 0 aliphatic carbocycles. The van der Waals surface area contributed by atoms with Gasteiger partial charge in [0.2, 0.25) is 0 Å².